The van der Waals surface area contributed by atoms with Crippen molar-refractivity contribution in [3.05, 3.63) is 58.9 Å². The monoisotopic (exact) mass is 276 g/mol. The van der Waals surface area contributed by atoms with Crippen molar-refractivity contribution in [3.63, 3.8) is 0 Å². The van der Waals surface area contributed by atoms with Crippen molar-refractivity contribution in [3.8, 4) is 0 Å². The highest BCUT2D eigenvalue weighted by molar-refractivity contribution is 6.34. The largest absolute Gasteiger partial charge is 0.380 e. The van der Waals surface area contributed by atoms with Crippen LogP contribution in [-0.4, -0.2) is 18.0 Å². The van der Waals surface area contributed by atoms with Gasteiger partial charge in [0, 0.05) is 25.2 Å². The summed E-state index contributed by atoms with van der Waals surface area (Å²) in [5, 5.41) is 3.15. The quantitative estimate of drug-likeness (QED) is 0.933. The minimum atomic E-state index is -0.285. The number of methoxy groups -OCH3 is 1. The predicted octanol–water partition coefficient (Wildman–Crippen LogP) is 3.13. The SMILES string of the molecule is COCc1cccc(NC(=O)c2cnccc2Cl)c1. The zero-order chi connectivity index (χ0) is 13.7. The van der Waals surface area contributed by atoms with Gasteiger partial charge in [0.2, 0.25) is 0 Å². The van der Waals surface area contributed by atoms with Crippen LogP contribution in [0.3, 0.4) is 0 Å². The number of halogens is 1. The highest BCUT2D eigenvalue weighted by Crippen LogP contribution is 2.17. The summed E-state index contributed by atoms with van der Waals surface area (Å²) >= 11 is 5.95. The number of nitrogens with zero attached hydrogens (tertiary/aromatic N) is 1. The van der Waals surface area contributed by atoms with Gasteiger partial charge < -0.3 is 10.1 Å². The van der Waals surface area contributed by atoms with Crippen molar-refractivity contribution < 1.29 is 9.53 Å². The molecule has 0 atom stereocenters. The molecule has 1 amide bonds. The smallest absolute Gasteiger partial charge is 0.258 e. The number of benzene rings is 1. The number of anilines is 1. The van der Waals surface area contributed by atoms with E-state index in [0.717, 1.165) is 5.56 Å². The minimum Gasteiger partial charge on any atom is -0.380 e. The first-order chi connectivity index (χ1) is 9.20. The third-order valence-electron chi connectivity index (χ3n) is 2.51. The van der Waals surface area contributed by atoms with Crippen molar-refractivity contribution in [2.45, 2.75) is 6.61 Å². The Kier molecular flexibility index (Phi) is 4.49. The normalized spacial score (nSPS) is 10.2. The maximum atomic E-state index is 12.0. The summed E-state index contributed by atoms with van der Waals surface area (Å²) < 4.78 is 5.05. The molecule has 0 radical (unpaired) electrons. The fraction of sp³-hybridized carbons (Fsp3) is 0.143. The standard InChI is InChI=1S/C14H13ClN2O2/c1-19-9-10-3-2-4-11(7-10)17-14(18)12-8-16-6-5-13(12)15/h2-8H,9H2,1H3,(H,17,18). The summed E-state index contributed by atoms with van der Waals surface area (Å²) in [6.45, 7) is 0.497. The van der Waals surface area contributed by atoms with E-state index in [1.54, 1.807) is 25.4 Å². The molecule has 0 bridgehead atoms. The zero-order valence-electron chi connectivity index (χ0n) is 10.4. The van der Waals surface area contributed by atoms with Gasteiger partial charge >= 0.3 is 0 Å². The van der Waals surface area contributed by atoms with Crippen LogP contribution in [0.4, 0.5) is 5.69 Å². The molecule has 4 nitrogen and oxygen atoms in total. The third-order valence-corrected chi connectivity index (χ3v) is 2.84. The summed E-state index contributed by atoms with van der Waals surface area (Å²) in [6, 6.07) is 9.02. The van der Waals surface area contributed by atoms with Crippen molar-refractivity contribution in [1.29, 1.82) is 0 Å². The van der Waals surface area contributed by atoms with Gasteiger partial charge in [-0.2, -0.15) is 0 Å². The Morgan fingerprint density at radius 2 is 2.26 bits per heavy atom. The Hall–Kier alpha value is -1.91. The molecule has 0 fully saturated rings. The summed E-state index contributed by atoms with van der Waals surface area (Å²) in [6.07, 6.45) is 2.98. The third kappa shape index (κ3) is 3.53. The van der Waals surface area contributed by atoms with E-state index in [-0.39, 0.29) is 5.91 Å². The molecule has 0 saturated heterocycles. The van der Waals surface area contributed by atoms with Gasteiger partial charge in [-0.25, -0.2) is 0 Å². The van der Waals surface area contributed by atoms with Crippen LogP contribution in [0.5, 0.6) is 0 Å². The van der Waals surface area contributed by atoms with Gasteiger partial charge in [-0.3, -0.25) is 9.78 Å². The molecular formula is C14H13ClN2O2. The second-order valence-electron chi connectivity index (χ2n) is 3.94. The zero-order valence-corrected chi connectivity index (χ0v) is 11.1. The van der Waals surface area contributed by atoms with E-state index in [2.05, 4.69) is 10.3 Å². The Labute approximate surface area is 116 Å². The van der Waals surface area contributed by atoms with Crippen LogP contribution in [0.15, 0.2) is 42.7 Å². The lowest BCUT2D eigenvalue weighted by atomic mass is 10.2. The number of carbonyl (C=O) groups excluding carboxylic acids is 1. The number of rotatable bonds is 4. The highest BCUT2D eigenvalue weighted by Gasteiger charge is 2.10. The molecule has 0 spiro atoms. The van der Waals surface area contributed by atoms with Crippen molar-refractivity contribution in [1.82, 2.24) is 4.98 Å². The molecule has 5 heteroatoms. The average molecular weight is 277 g/mol. The van der Waals surface area contributed by atoms with Crippen LogP contribution in [-0.2, 0) is 11.3 Å². The number of ether oxygens (including phenoxy) is 1. The molecule has 1 heterocycles. The summed E-state index contributed by atoms with van der Waals surface area (Å²) in [4.78, 5) is 15.9. The summed E-state index contributed by atoms with van der Waals surface area (Å²) in [5.41, 5.74) is 2.03. The second-order valence-corrected chi connectivity index (χ2v) is 4.35. The van der Waals surface area contributed by atoms with Gasteiger partial charge in [-0.05, 0) is 23.8 Å². The van der Waals surface area contributed by atoms with E-state index >= 15 is 0 Å². The van der Waals surface area contributed by atoms with Crippen molar-refractivity contribution in [2.75, 3.05) is 12.4 Å². The topological polar surface area (TPSA) is 51.2 Å². The summed E-state index contributed by atoms with van der Waals surface area (Å²) in [7, 11) is 1.63. The van der Waals surface area contributed by atoms with Crippen LogP contribution >= 0.6 is 11.6 Å². The van der Waals surface area contributed by atoms with E-state index in [4.69, 9.17) is 16.3 Å². The first-order valence-corrected chi connectivity index (χ1v) is 6.07. The van der Waals surface area contributed by atoms with Crippen LogP contribution in [0.1, 0.15) is 15.9 Å². The average Bonchev–Trinajstić information content (AvgIpc) is 2.40. The van der Waals surface area contributed by atoms with Gasteiger partial charge in [0.25, 0.3) is 5.91 Å². The fourth-order valence-electron chi connectivity index (χ4n) is 1.65. The maximum absolute atomic E-state index is 12.0. The van der Waals surface area contributed by atoms with E-state index < -0.39 is 0 Å². The molecule has 2 aromatic rings. The first-order valence-electron chi connectivity index (χ1n) is 5.69. The minimum absolute atomic E-state index is 0.285. The van der Waals surface area contributed by atoms with Crippen LogP contribution in [0, 0.1) is 0 Å². The number of carbonyl (C=O) groups is 1. The molecule has 0 saturated carbocycles. The molecule has 1 aromatic heterocycles. The van der Waals surface area contributed by atoms with Gasteiger partial charge in [-0.1, -0.05) is 23.7 Å². The molecular weight excluding hydrogens is 264 g/mol. The van der Waals surface area contributed by atoms with Crippen molar-refractivity contribution in [2.24, 2.45) is 0 Å². The van der Waals surface area contributed by atoms with E-state index in [1.165, 1.54) is 6.20 Å². The van der Waals surface area contributed by atoms with Gasteiger partial charge in [0.05, 0.1) is 17.2 Å². The lowest BCUT2D eigenvalue weighted by molar-refractivity contribution is 0.102. The van der Waals surface area contributed by atoms with Gasteiger partial charge in [0.15, 0.2) is 0 Å². The number of aromatic nitrogens is 1. The van der Waals surface area contributed by atoms with Crippen molar-refractivity contribution >= 4 is 23.2 Å². The number of amides is 1. The molecule has 1 N–H and O–H groups in total. The van der Waals surface area contributed by atoms with Gasteiger partial charge in [-0.15, -0.1) is 0 Å². The number of hydrogen-bond donors (Lipinski definition) is 1. The molecule has 0 aliphatic rings. The fourth-order valence-corrected chi connectivity index (χ4v) is 1.84. The first kappa shape index (κ1) is 13.5. The molecule has 1 aromatic carbocycles. The maximum Gasteiger partial charge on any atom is 0.258 e. The van der Waals surface area contributed by atoms with Crippen LogP contribution in [0.25, 0.3) is 0 Å². The lowest BCUT2D eigenvalue weighted by Crippen LogP contribution is -2.12. The Morgan fingerprint density at radius 3 is 3.00 bits per heavy atom. The Balaban J connectivity index is 2.15. The molecule has 19 heavy (non-hydrogen) atoms. The van der Waals surface area contributed by atoms with Crippen LogP contribution < -0.4 is 5.32 Å². The Bertz CT molecular complexity index is 587. The molecule has 0 aliphatic heterocycles. The summed E-state index contributed by atoms with van der Waals surface area (Å²) in [5.74, 6) is -0.285. The highest BCUT2D eigenvalue weighted by atomic mass is 35.5. The van der Waals surface area contributed by atoms with E-state index in [0.29, 0.717) is 22.9 Å². The Morgan fingerprint density at radius 1 is 1.42 bits per heavy atom. The number of pyridine rings is 1. The number of nitrogens with one attached hydrogen (secondary N) is 1. The second kappa shape index (κ2) is 6.31. The lowest BCUT2D eigenvalue weighted by Gasteiger charge is -2.07. The van der Waals surface area contributed by atoms with E-state index in [1.807, 2.05) is 18.2 Å². The van der Waals surface area contributed by atoms with Crippen LogP contribution in [0.2, 0.25) is 5.02 Å². The molecule has 0 aliphatic carbocycles. The van der Waals surface area contributed by atoms with E-state index in [9.17, 15) is 4.79 Å². The molecule has 0 unspecified atom stereocenters. The molecule has 2 rings (SSSR count). The predicted molar refractivity (Wildman–Crippen MR) is 74.4 cm³/mol. The molecule has 98 valence electrons. The van der Waals surface area contributed by atoms with Gasteiger partial charge in [0.1, 0.15) is 0 Å². The number of hydrogen-bond acceptors (Lipinski definition) is 3.